The van der Waals surface area contributed by atoms with Gasteiger partial charge in [0.25, 0.3) is 0 Å². The van der Waals surface area contributed by atoms with Gasteiger partial charge in [-0.15, -0.1) is 11.6 Å². The molecule has 2 atom stereocenters. The van der Waals surface area contributed by atoms with Gasteiger partial charge in [0.05, 0.1) is 22.3 Å². The van der Waals surface area contributed by atoms with Gasteiger partial charge in [0, 0.05) is 5.50 Å². The number of nitrogens with zero attached hydrogens (tertiary/aromatic N) is 2. The maximum atomic E-state index is 6.05. The van der Waals surface area contributed by atoms with Gasteiger partial charge in [-0.25, -0.2) is 9.98 Å². The molecule has 4 nitrogen and oxygen atoms in total. The maximum Gasteiger partial charge on any atom is 0.209 e. The van der Waals surface area contributed by atoms with Crippen molar-refractivity contribution in [1.82, 2.24) is 0 Å². The minimum Gasteiger partial charge on any atom is -0.483 e. The molecule has 1 aliphatic rings. The van der Waals surface area contributed by atoms with E-state index in [1.54, 1.807) is 14.2 Å². The number of hydrogen-bond acceptors (Lipinski definition) is 4. The van der Waals surface area contributed by atoms with Crippen molar-refractivity contribution < 1.29 is 9.47 Å². The summed E-state index contributed by atoms with van der Waals surface area (Å²) in [6.45, 7) is 8.72. The second-order valence-electron chi connectivity index (χ2n) is 6.05. The van der Waals surface area contributed by atoms with Gasteiger partial charge < -0.3 is 9.47 Å². The maximum absolute atomic E-state index is 6.05. The molecule has 1 heterocycles. The van der Waals surface area contributed by atoms with Crippen LogP contribution in [0.2, 0.25) is 19.1 Å². The first kappa shape index (κ1) is 16.5. The van der Waals surface area contributed by atoms with Gasteiger partial charge in [-0.1, -0.05) is 26.9 Å². The molecular formula is C13H25ClN2O2Si. The molecule has 0 saturated carbocycles. The Balaban J connectivity index is 2.98. The summed E-state index contributed by atoms with van der Waals surface area (Å²) >= 11 is 6.05. The molecule has 0 aliphatic carbocycles. The number of halogens is 1. The highest BCUT2D eigenvalue weighted by molar-refractivity contribution is 6.83. The fraction of sp³-hybridized carbons (Fsp3) is 0.846. The van der Waals surface area contributed by atoms with E-state index in [0.717, 1.165) is 6.04 Å². The average Bonchev–Trinajstić information content (AvgIpc) is 2.37. The summed E-state index contributed by atoms with van der Waals surface area (Å²) in [6.07, 6.45) is 0. The number of hydrogen-bond donors (Lipinski definition) is 0. The Bertz CT molecular complexity index is 370. The highest BCUT2D eigenvalue weighted by atomic mass is 35.5. The summed E-state index contributed by atoms with van der Waals surface area (Å²) in [5.74, 6) is 1.76. The van der Waals surface area contributed by atoms with E-state index >= 15 is 0 Å². The predicted octanol–water partition coefficient (Wildman–Crippen LogP) is 2.97. The highest BCUT2D eigenvalue weighted by Crippen LogP contribution is 2.23. The lowest BCUT2D eigenvalue weighted by atomic mass is 10.0. The standard InChI is InChI=1S/C13H25ClN2O2Si/c1-9(2)11-13(18-4)15-10(12(16-11)17-3)7-19(5,6)8-14/h9-11H,7-8H2,1-6H3. The van der Waals surface area contributed by atoms with Crippen LogP contribution >= 0.6 is 11.6 Å². The first-order chi connectivity index (χ1) is 8.84. The van der Waals surface area contributed by atoms with E-state index in [1.807, 2.05) is 0 Å². The zero-order valence-corrected chi connectivity index (χ0v) is 14.5. The van der Waals surface area contributed by atoms with Crippen molar-refractivity contribution in [2.24, 2.45) is 15.9 Å². The lowest BCUT2D eigenvalue weighted by Gasteiger charge is -2.30. The number of ether oxygens (including phenoxy) is 2. The van der Waals surface area contributed by atoms with Gasteiger partial charge in [-0.2, -0.15) is 0 Å². The molecule has 0 aromatic carbocycles. The zero-order valence-electron chi connectivity index (χ0n) is 12.7. The molecule has 0 saturated heterocycles. The number of aliphatic imine (C=N–C) groups is 2. The third-order valence-electron chi connectivity index (χ3n) is 3.24. The monoisotopic (exact) mass is 304 g/mol. The largest absolute Gasteiger partial charge is 0.483 e. The summed E-state index contributed by atoms with van der Waals surface area (Å²) < 4.78 is 10.8. The topological polar surface area (TPSA) is 43.2 Å². The van der Waals surface area contributed by atoms with Crippen molar-refractivity contribution in [2.75, 3.05) is 19.7 Å². The second-order valence-corrected chi connectivity index (χ2v) is 11.9. The van der Waals surface area contributed by atoms with Crippen molar-refractivity contribution in [3.05, 3.63) is 0 Å². The van der Waals surface area contributed by atoms with Gasteiger partial charge in [0.15, 0.2) is 0 Å². The van der Waals surface area contributed by atoms with E-state index in [0.29, 0.717) is 23.2 Å². The molecule has 0 fully saturated rings. The van der Waals surface area contributed by atoms with Crippen molar-refractivity contribution >= 4 is 31.5 Å². The van der Waals surface area contributed by atoms with Crippen LogP contribution in [0.25, 0.3) is 0 Å². The summed E-state index contributed by atoms with van der Waals surface area (Å²) in [4.78, 5) is 9.37. The Labute approximate surface area is 122 Å². The molecule has 1 rings (SSSR count). The Hall–Kier alpha value is -0.553. The third-order valence-corrected chi connectivity index (χ3v) is 7.63. The molecule has 0 radical (unpaired) electrons. The molecule has 0 aromatic rings. The fourth-order valence-corrected chi connectivity index (χ4v) is 3.82. The fourth-order valence-electron chi connectivity index (χ4n) is 2.07. The number of methoxy groups -OCH3 is 2. The van der Waals surface area contributed by atoms with Crippen LogP contribution in [0.1, 0.15) is 13.8 Å². The number of rotatable bonds is 4. The van der Waals surface area contributed by atoms with Crippen LogP contribution in [-0.4, -0.2) is 51.7 Å². The van der Waals surface area contributed by atoms with E-state index < -0.39 is 8.07 Å². The van der Waals surface area contributed by atoms with Crippen molar-refractivity contribution in [3.63, 3.8) is 0 Å². The molecule has 19 heavy (non-hydrogen) atoms. The molecule has 0 bridgehead atoms. The van der Waals surface area contributed by atoms with Crippen molar-refractivity contribution in [2.45, 2.75) is 45.1 Å². The Morgan fingerprint density at radius 1 is 1.16 bits per heavy atom. The van der Waals surface area contributed by atoms with Crippen LogP contribution in [0, 0.1) is 5.92 Å². The first-order valence-corrected chi connectivity index (χ1v) is 10.6. The quantitative estimate of drug-likeness (QED) is 0.592. The average molecular weight is 305 g/mol. The van der Waals surface area contributed by atoms with E-state index in [1.165, 1.54) is 0 Å². The Morgan fingerprint density at radius 3 is 2.16 bits per heavy atom. The SMILES string of the molecule is COC1=NC(C(C)C)C(OC)=NC1C[Si](C)(C)CCl. The van der Waals surface area contributed by atoms with Gasteiger partial charge >= 0.3 is 0 Å². The Morgan fingerprint density at radius 2 is 1.74 bits per heavy atom. The third kappa shape index (κ3) is 4.21. The lowest BCUT2D eigenvalue weighted by molar-refractivity contribution is 0.335. The van der Waals surface area contributed by atoms with Crippen molar-refractivity contribution in [1.29, 1.82) is 0 Å². The van der Waals surface area contributed by atoms with Gasteiger partial charge in [0.2, 0.25) is 11.8 Å². The van der Waals surface area contributed by atoms with Gasteiger partial charge in [-0.05, 0) is 12.0 Å². The molecule has 0 aromatic heterocycles. The molecule has 0 amide bonds. The molecule has 0 N–H and O–H groups in total. The molecule has 1 aliphatic heterocycles. The van der Waals surface area contributed by atoms with Crippen LogP contribution in [0.3, 0.4) is 0 Å². The molecule has 0 spiro atoms. The van der Waals surface area contributed by atoms with Crippen LogP contribution in [0.15, 0.2) is 9.98 Å². The van der Waals surface area contributed by atoms with Crippen LogP contribution in [-0.2, 0) is 9.47 Å². The van der Waals surface area contributed by atoms with Gasteiger partial charge in [-0.3, -0.25) is 0 Å². The van der Waals surface area contributed by atoms with Crippen molar-refractivity contribution in [3.8, 4) is 0 Å². The minimum atomic E-state index is -1.47. The highest BCUT2D eigenvalue weighted by Gasteiger charge is 2.34. The van der Waals surface area contributed by atoms with Crippen LogP contribution in [0.4, 0.5) is 0 Å². The van der Waals surface area contributed by atoms with E-state index in [-0.39, 0.29) is 12.1 Å². The van der Waals surface area contributed by atoms with E-state index in [4.69, 9.17) is 26.1 Å². The Kier molecular flexibility index (Phi) is 5.86. The smallest absolute Gasteiger partial charge is 0.209 e. The summed E-state index contributed by atoms with van der Waals surface area (Å²) in [5.41, 5.74) is 0.714. The minimum absolute atomic E-state index is 0.0445. The molecule has 2 unspecified atom stereocenters. The molecule has 110 valence electrons. The molecule has 6 heteroatoms. The molecular weight excluding hydrogens is 280 g/mol. The normalized spacial score (nSPS) is 24.0. The van der Waals surface area contributed by atoms with Crippen LogP contribution < -0.4 is 0 Å². The lowest BCUT2D eigenvalue weighted by Crippen LogP contribution is -2.42. The summed E-state index contributed by atoms with van der Waals surface area (Å²) in [5, 5.41) is 0. The summed E-state index contributed by atoms with van der Waals surface area (Å²) in [7, 11) is 1.84. The zero-order chi connectivity index (χ0) is 14.6. The number of alkyl halides is 1. The van der Waals surface area contributed by atoms with Gasteiger partial charge in [0.1, 0.15) is 12.1 Å². The second kappa shape index (κ2) is 6.75. The van der Waals surface area contributed by atoms with Crippen LogP contribution in [0.5, 0.6) is 0 Å². The van der Waals surface area contributed by atoms with E-state index in [9.17, 15) is 0 Å². The predicted molar refractivity (Wildman–Crippen MR) is 84.3 cm³/mol. The summed E-state index contributed by atoms with van der Waals surface area (Å²) in [6, 6.07) is 0.841. The first-order valence-electron chi connectivity index (χ1n) is 6.64. The van der Waals surface area contributed by atoms with E-state index in [2.05, 4.69) is 31.9 Å².